The van der Waals surface area contributed by atoms with Gasteiger partial charge in [0.15, 0.2) is 11.5 Å². The maximum atomic E-state index is 12.0. The molecule has 2 aromatic carbocycles. The number of rotatable bonds is 9. The van der Waals surface area contributed by atoms with Gasteiger partial charge in [-0.1, -0.05) is 30.3 Å². The average molecular weight is 433 g/mol. The minimum Gasteiger partial charge on any atom is -0.497 e. The molecule has 0 saturated carbocycles. The van der Waals surface area contributed by atoms with Gasteiger partial charge in [-0.15, -0.1) is 15.3 Å². The normalized spacial score (nSPS) is 10.7. The largest absolute Gasteiger partial charge is 0.497 e. The molecule has 32 heavy (non-hydrogen) atoms. The zero-order valence-corrected chi connectivity index (χ0v) is 17.8. The summed E-state index contributed by atoms with van der Waals surface area (Å²) in [5.74, 6) is 2.11. The summed E-state index contributed by atoms with van der Waals surface area (Å²) < 4.78 is 18.0. The highest BCUT2D eigenvalue weighted by molar-refractivity contribution is 5.78. The Balaban J connectivity index is 1.41. The summed E-state index contributed by atoms with van der Waals surface area (Å²) in [7, 11) is 3.17. The smallest absolute Gasteiger partial charge is 0.231 e. The van der Waals surface area contributed by atoms with Crippen LogP contribution in [-0.4, -0.2) is 53.1 Å². The number of amides is 1. The Bertz CT molecular complexity index is 1210. The number of aromatic nitrogens is 4. The van der Waals surface area contributed by atoms with E-state index in [1.807, 2.05) is 42.5 Å². The Hall–Kier alpha value is -4.14. The van der Waals surface area contributed by atoms with Gasteiger partial charge in [0.05, 0.1) is 32.7 Å². The van der Waals surface area contributed by atoms with E-state index in [4.69, 9.17) is 14.2 Å². The number of nitrogens with zero attached hydrogens (tertiary/aromatic N) is 4. The van der Waals surface area contributed by atoms with Crippen LogP contribution < -0.4 is 19.5 Å². The highest BCUT2D eigenvalue weighted by Crippen LogP contribution is 2.32. The third kappa shape index (κ3) is 4.77. The van der Waals surface area contributed by atoms with E-state index in [0.29, 0.717) is 41.8 Å². The molecule has 0 atom stereocenters. The lowest BCUT2D eigenvalue weighted by Gasteiger charge is -2.10. The number of nitrogens with one attached hydrogen (secondary N) is 1. The molecule has 1 amide bonds. The zero-order valence-electron chi connectivity index (χ0n) is 17.8. The third-order valence-electron chi connectivity index (χ3n) is 4.77. The lowest BCUT2D eigenvalue weighted by Crippen LogP contribution is -2.29. The molecule has 164 valence electrons. The van der Waals surface area contributed by atoms with Crippen LogP contribution in [0.5, 0.6) is 17.4 Å². The minimum absolute atomic E-state index is 0.0593. The maximum absolute atomic E-state index is 12.0. The van der Waals surface area contributed by atoms with Gasteiger partial charge in [-0.05, 0) is 23.8 Å². The summed E-state index contributed by atoms with van der Waals surface area (Å²) in [6, 6.07) is 18.5. The van der Waals surface area contributed by atoms with Crippen LogP contribution in [0.4, 0.5) is 0 Å². The van der Waals surface area contributed by atoms with Gasteiger partial charge in [0.2, 0.25) is 11.8 Å². The van der Waals surface area contributed by atoms with Crippen molar-refractivity contribution in [3.05, 3.63) is 66.2 Å². The van der Waals surface area contributed by atoms with E-state index in [1.165, 1.54) is 0 Å². The summed E-state index contributed by atoms with van der Waals surface area (Å²) in [6.45, 7) is 0.648. The predicted octanol–water partition coefficient (Wildman–Crippen LogP) is 2.55. The summed E-state index contributed by atoms with van der Waals surface area (Å²) in [6.07, 6.45) is 0.332. The number of methoxy groups -OCH3 is 2. The Labute approximate surface area is 185 Å². The van der Waals surface area contributed by atoms with E-state index in [9.17, 15) is 4.79 Å². The first-order chi connectivity index (χ1) is 15.7. The molecule has 9 nitrogen and oxygen atoms in total. The monoisotopic (exact) mass is 433 g/mol. The molecule has 0 radical (unpaired) electrons. The van der Waals surface area contributed by atoms with Gasteiger partial charge < -0.3 is 19.5 Å². The van der Waals surface area contributed by atoms with E-state index in [1.54, 1.807) is 36.9 Å². The second-order valence-corrected chi connectivity index (χ2v) is 6.89. The number of carbonyl (C=O) groups excluding carboxylic acids is 1. The van der Waals surface area contributed by atoms with Gasteiger partial charge in [0, 0.05) is 12.1 Å². The zero-order chi connectivity index (χ0) is 22.3. The van der Waals surface area contributed by atoms with Crippen molar-refractivity contribution >= 4 is 11.6 Å². The number of benzene rings is 2. The fraction of sp³-hybridized carbons (Fsp3) is 0.217. The molecule has 0 fully saturated rings. The van der Waals surface area contributed by atoms with Crippen molar-refractivity contribution < 1.29 is 19.0 Å². The second-order valence-electron chi connectivity index (χ2n) is 6.89. The lowest BCUT2D eigenvalue weighted by molar-refractivity contribution is -0.120. The molecule has 0 saturated heterocycles. The van der Waals surface area contributed by atoms with Gasteiger partial charge in [-0.3, -0.25) is 4.79 Å². The first-order valence-electron chi connectivity index (χ1n) is 10.1. The van der Waals surface area contributed by atoms with E-state index >= 15 is 0 Å². The van der Waals surface area contributed by atoms with Crippen LogP contribution in [-0.2, 0) is 11.2 Å². The highest BCUT2D eigenvalue weighted by Gasteiger charge is 2.16. The summed E-state index contributed by atoms with van der Waals surface area (Å²) in [5, 5.41) is 15.7. The van der Waals surface area contributed by atoms with Crippen LogP contribution in [0, 0.1) is 0 Å². The van der Waals surface area contributed by atoms with Crippen molar-refractivity contribution in [3.8, 4) is 28.8 Å². The van der Waals surface area contributed by atoms with Crippen LogP contribution in [0.2, 0.25) is 0 Å². The molecule has 0 aliphatic heterocycles. The van der Waals surface area contributed by atoms with Crippen molar-refractivity contribution in [1.82, 2.24) is 25.1 Å². The molecule has 1 N–H and O–H groups in total. The molecular weight excluding hydrogens is 410 g/mol. The molecule has 0 aliphatic carbocycles. The first-order valence-corrected chi connectivity index (χ1v) is 10.1. The number of fused-ring (bicyclic) bond motifs is 1. The van der Waals surface area contributed by atoms with Crippen LogP contribution in [0.3, 0.4) is 0 Å². The number of ether oxygens (including phenoxy) is 3. The molecule has 0 unspecified atom stereocenters. The molecule has 0 aliphatic rings. The van der Waals surface area contributed by atoms with E-state index in [2.05, 4.69) is 20.6 Å². The molecule has 4 rings (SSSR count). The van der Waals surface area contributed by atoms with Crippen LogP contribution in [0.25, 0.3) is 17.0 Å². The van der Waals surface area contributed by atoms with Crippen molar-refractivity contribution in [2.45, 2.75) is 6.42 Å². The van der Waals surface area contributed by atoms with Crippen molar-refractivity contribution in [2.24, 2.45) is 0 Å². The van der Waals surface area contributed by atoms with Crippen molar-refractivity contribution in [3.63, 3.8) is 0 Å². The Kier molecular flexibility index (Phi) is 6.45. The van der Waals surface area contributed by atoms with E-state index in [-0.39, 0.29) is 12.5 Å². The Morgan fingerprint density at radius 1 is 1.00 bits per heavy atom. The topological polar surface area (TPSA) is 99.9 Å². The third-order valence-corrected chi connectivity index (χ3v) is 4.77. The quantitative estimate of drug-likeness (QED) is 0.405. The first kappa shape index (κ1) is 21.1. The van der Waals surface area contributed by atoms with Crippen LogP contribution in [0.1, 0.15) is 5.56 Å². The molecule has 2 heterocycles. The van der Waals surface area contributed by atoms with Crippen LogP contribution in [0.15, 0.2) is 60.7 Å². The minimum atomic E-state index is -0.0593. The lowest BCUT2D eigenvalue weighted by atomic mass is 10.1. The SMILES string of the molecule is COc1ccc(-c2nnc3ccc(OCCNC(=O)Cc4ccccc4)nn23)c(OC)c1. The van der Waals surface area contributed by atoms with Crippen molar-refractivity contribution in [1.29, 1.82) is 0 Å². The van der Waals surface area contributed by atoms with Crippen molar-refractivity contribution in [2.75, 3.05) is 27.4 Å². The maximum Gasteiger partial charge on any atom is 0.231 e. The van der Waals surface area contributed by atoms with Gasteiger partial charge in [-0.25, -0.2) is 0 Å². The summed E-state index contributed by atoms with van der Waals surface area (Å²) >= 11 is 0. The fourth-order valence-corrected chi connectivity index (χ4v) is 3.19. The number of hydrogen-bond donors (Lipinski definition) is 1. The van der Waals surface area contributed by atoms with Gasteiger partial charge in [-0.2, -0.15) is 4.52 Å². The summed E-state index contributed by atoms with van der Waals surface area (Å²) in [4.78, 5) is 12.0. The molecule has 0 bridgehead atoms. The molecule has 0 spiro atoms. The highest BCUT2D eigenvalue weighted by atomic mass is 16.5. The van der Waals surface area contributed by atoms with Gasteiger partial charge in [0.1, 0.15) is 18.1 Å². The standard InChI is InChI=1S/C23H23N5O4/c1-30-17-8-9-18(19(15-17)31-2)23-26-25-20-10-11-22(27-28(20)23)32-13-12-24-21(29)14-16-6-4-3-5-7-16/h3-11,15H,12-14H2,1-2H3,(H,24,29). The average Bonchev–Trinajstić information content (AvgIpc) is 3.25. The van der Waals surface area contributed by atoms with E-state index in [0.717, 1.165) is 11.1 Å². The fourth-order valence-electron chi connectivity index (χ4n) is 3.19. The predicted molar refractivity (Wildman–Crippen MR) is 118 cm³/mol. The van der Waals surface area contributed by atoms with Gasteiger partial charge >= 0.3 is 0 Å². The molecule has 2 aromatic heterocycles. The van der Waals surface area contributed by atoms with Gasteiger partial charge in [0.25, 0.3) is 0 Å². The van der Waals surface area contributed by atoms with E-state index < -0.39 is 0 Å². The molecule has 4 aromatic rings. The molecular formula is C23H23N5O4. The Morgan fingerprint density at radius 2 is 1.84 bits per heavy atom. The second kappa shape index (κ2) is 9.78. The Morgan fingerprint density at radius 3 is 2.62 bits per heavy atom. The number of carbonyl (C=O) groups is 1. The molecule has 9 heteroatoms. The number of hydrogen-bond acceptors (Lipinski definition) is 7. The summed E-state index contributed by atoms with van der Waals surface area (Å²) in [5.41, 5.74) is 2.26. The van der Waals surface area contributed by atoms with Crippen LogP contribution >= 0.6 is 0 Å².